The Bertz CT molecular complexity index is 561. The van der Waals surface area contributed by atoms with E-state index in [1.54, 1.807) is 12.1 Å². The zero-order valence-electron chi connectivity index (χ0n) is 10.9. The van der Waals surface area contributed by atoms with Crippen LogP contribution in [0.25, 0.3) is 0 Å². The molecule has 0 aromatic carbocycles. The molecule has 0 bridgehead atoms. The molecule has 7 heteroatoms. The first-order valence-corrected chi connectivity index (χ1v) is 7.09. The predicted octanol–water partition coefficient (Wildman–Crippen LogP) is 1.41. The van der Waals surface area contributed by atoms with Crippen molar-refractivity contribution in [2.24, 2.45) is 5.92 Å². The van der Waals surface area contributed by atoms with Crippen molar-refractivity contribution in [1.82, 2.24) is 4.98 Å². The van der Waals surface area contributed by atoms with Gasteiger partial charge in [-0.25, -0.2) is 9.78 Å². The SMILES string of the molecule is CC(=O)SCC1CC(=O)N(c2cccnc2C(=O)O)C1. The van der Waals surface area contributed by atoms with Crippen molar-refractivity contribution in [1.29, 1.82) is 0 Å². The van der Waals surface area contributed by atoms with E-state index in [4.69, 9.17) is 5.11 Å². The van der Waals surface area contributed by atoms with E-state index >= 15 is 0 Å². The topological polar surface area (TPSA) is 87.6 Å². The first-order valence-electron chi connectivity index (χ1n) is 6.11. The molecule has 106 valence electrons. The summed E-state index contributed by atoms with van der Waals surface area (Å²) in [5.74, 6) is -0.664. The van der Waals surface area contributed by atoms with Gasteiger partial charge >= 0.3 is 5.97 Å². The number of aromatic nitrogens is 1. The third kappa shape index (κ3) is 3.16. The second-order valence-electron chi connectivity index (χ2n) is 4.55. The molecule has 1 aliphatic rings. The van der Waals surface area contributed by atoms with Crippen LogP contribution in [0.4, 0.5) is 5.69 Å². The van der Waals surface area contributed by atoms with Gasteiger partial charge in [0.1, 0.15) is 0 Å². The summed E-state index contributed by atoms with van der Waals surface area (Å²) in [6.45, 7) is 1.91. The summed E-state index contributed by atoms with van der Waals surface area (Å²) in [5, 5.41) is 9.12. The van der Waals surface area contributed by atoms with Gasteiger partial charge in [-0.2, -0.15) is 0 Å². The van der Waals surface area contributed by atoms with Crippen molar-refractivity contribution in [3.8, 4) is 0 Å². The Balaban J connectivity index is 2.16. The summed E-state index contributed by atoms with van der Waals surface area (Å²) in [7, 11) is 0. The number of carbonyl (C=O) groups is 3. The molecular formula is C13H14N2O4S. The lowest BCUT2D eigenvalue weighted by Crippen LogP contribution is -2.27. The number of pyridine rings is 1. The van der Waals surface area contributed by atoms with E-state index in [2.05, 4.69) is 4.98 Å². The van der Waals surface area contributed by atoms with Crippen molar-refractivity contribution in [2.75, 3.05) is 17.2 Å². The van der Waals surface area contributed by atoms with Gasteiger partial charge in [0.2, 0.25) is 5.91 Å². The number of carboxylic acid groups (broad SMARTS) is 1. The van der Waals surface area contributed by atoms with E-state index in [0.717, 1.165) is 0 Å². The highest BCUT2D eigenvalue weighted by atomic mass is 32.2. The standard InChI is InChI=1S/C13H14N2O4S/c1-8(16)20-7-9-5-11(17)15(6-9)10-3-2-4-14-12(10)13(18)19/h2-4,9H,5-7H2,1H3,(H,18,19). The number of hydrogen-bond acceptors (Lipinski definition) is 5. The minimum Gasteiger partial charge on any atom is -0.476 e. The van der Waals surface area contributed by atoms with Gasteiger partial charge in [-0.3, -0.25) is 9.59 Å². The zero-order chi connectivity index (χ0) is 14.7. The van der Waals surface area contributed by atoms with Crippen LogP contribution in [0.3, 0.4) is 0 Å². The molecule has 1 saturated heterocycles. The lowest BCUT2D eigenvalue weighted by molar-refractivity contribution is -0.117. The Kier molecular flexibility index (Phi) is 4.39. The lowest BCUT2D eigenvalue weighted by atomic mass is 10.1. The van der Waals surface area contributed by atoms with Crippen LogP contribution in [0.15, 0.2) is 18.3 Å². The number of hydrogen-bond donors (Lipinski definition) is 1. The van der Waals surface area contributed by atoms with E-state index < -0.39 is 5.97 Å². The second kappa shape index (κ2) is 6.04. The first-order chi connectivity index (χ1) is 9.49. The number of anilines is 1. The Morgan fingerprint density at radius 1 is 1.55 bits per heavy atom. The molecule has 0 aliphatic carbocycles. The summed E-state index contributed by atoms with van der Waals surface area (Å²) in [6.07, 6.45) is 1.71. The highest BCUT2D eigenvalue weighted by Gasteiger charge is 2.33. The lowest BCUT2D eigenvalue weighted by Gasteiger charge is -2.18. The molecule has 1 unspecified atom stereocenters. The van der Waals surface area contributed by atoms with Crippen LogP contribution in [-0.2, 0) is 9.59 Å². The van der Waals surface area contributed by atoms with Crippen LogP contribution < -0.4 is 4.90 Å². The normalized spacial score (nSPS) is 18.4. The number of aromatic carboxylic acids is 1. The molecule has 1 atom stereocenters. The molecule has 1 amide bonds. The summed E-state index contributed by atoms with van der Waals surface area (Å²) >= 11 is 1.19. The van der Waals surface area contributed by atoms with Gasteiger partial charge in [0.05, 0.1) is 5.69 Å². The second-order valence-corrected chi connectivity index (χ2v) is 5.75. The predicted molar refractivity (Wildman–Crippen MR) is 74.8 cm³/mol. The maximum absolute atomic E-state index is 12.0. The average Bonchev–Trinajstić information content (AvgIpc) is 2.77. The Hall–Kier alpha value is -1.89. The van der Waals surface area contributed by atoms with Crippen molar-refractivity contribution in [2.45, 2.75) is 13.3 Å². The van der Waals surface area contributed by atoms with Gasteiger partial charge in [-0.15, -0.1) is 0 Å². The third-order valence-electron chi connectivity index (χ3n) is 3.01. The fourth-order valence-corrected chi connectivity index (χ4v) is 2.83. The van der Waals surface area contributed by atoms with E-state index in [9.17, 15) is 14.4 Å². The average molecular weight is 294 g/mol. The van der Waals surface area contributed by atoms with Crippen LogP contribution in [0.1, 0.15) is 23.8 Å². The molecule has 6 nitrogen and oxygen atoms in total. The number of amides is 1. The van der Waals surface area contributed by atoms with Gasteiger partial charge in [-0.05, 0) is 18.1 Å². The van der Waals surface area contributed by atoms with E-state index in [-0.39, 0.29) is 22.6 Å². The highest BCUT2D eigenvalue weighted by molar-refractivity contribution is 8.13. The first kappa shape index (κ1) is 14.5. The van der Waals surface area contributed by atoms with E-state index in [1.165, 1.54) is 29.8 Å². The molecule has 1 aromatic heterocycles. The fraction of sp³-hybridized carbons (Fsp3) is 0.385. The smallest absolute Gasteiger partial charge is 0.356 e. The van der Waals surface area contributed by atoms with Crippen molar-refractivity contribution in [3.63, 3.8) is 0 Å². The van der Waals surface area contributed by atoms with E-state index in [1.807, 2.05) is 0 Å². The van der Waals surface area contributed by atoms with Crippen molar-refractivity contribution >= 4 is 34.4 Å². The molecule has 0 spiro atoms. The highest BCUT2D eigenvalue weighted by Crippen LogP contribution is 2.29. The number of rotatable bonds is 4. The van der Waals surface area contributed by atoms with Crippen LogP contribution in [0, 0.1) is 5.92 Å². The molecule has 1 aromatic rings. The Labute approximate surface area is 120 Å². The summed E-state index contributed by atoms with van der Waals surface area (Å²) < 4.78 is 0. The van der Waals surface area contributed by atoms with Gasteiger partial charge in [0.25, 0.3) is 0 Å². The van der Waals surface area contributed by atoms with Crippen LogP contribution in [0.2, 0.25) is 0 Å². The molecule has 20 heavy (non-hydrogen) atoms. The van der Waals surface area contributed by atoms with Gasteiger partial charge < -0.3 is 10.0 Å². The minimum absolute atomic E-state index is 0.0171. The summed E-state index contributed by atoms with van der Waals surface area (Å²) in [4.78, 5) is 39.4. The summed E-state index contributed by atoms with van der Waals surface area (Å²) in [5.41, 5.74) is 0.195. The van der Waals surface area contributed by atoms with E-state index in [0.29, 0.717) is 24.4 Å². The maximum atomic E-state index is 12.0. The number of thioether (sulfide) groups is 1. The molecule has 1 aliphatic heterocycles. The molecule has 2 heterocycles. The number of carbonyl (C=O) groups excluding carboxylic acids is 2. The van der Waals surface area contributed by atoms with Crippen molar-refractivity contribution < 1.29 is 19.5 Å². The number of nitrogens with zero attached hydrogens (tertiary/aromatic N) is 2. The monoisotopic (exact) mass is 294 g/mol. The Morgan fingerprint density at radius 2 is 2.30 bits per heavy atom. The maximum Gasteiger partial charge on any atom is 0.356 e. The molecule has 0 saturated carbocycles. The molecule has 1 fully saturated rings. The molecule has 0 radical (unpaired) electrons. The van der Waals surface area contributed by atoms with Crippen LogP contribution in [0.5, 0.6) is 0 Å². The quantitative estimate of drug-likeness (QED) is 0.903. The van der Waals surface area contributed by atoms with Crippen LogP contribution >= 0.6 is 11.8 Å². The minimum atomic E-state index is -1.16. The van der Waals surface area contributed by atoms with Crippen LogP contribution in [-0.4, -0.2) is 39.4 Å². The molecule has 1 N–H and O–H groups in total. The van der Waals surface area contributed by atoms with Crippen molar-refractivity contribution in [3.05, 3.63) is 24.0 Å². The molecule has 2 rings (SSSR count). The molecular weight excluding hydrogens is 280 g/mol. The third-order valence-corrected chi connectivity index (χ3v) is 4.05. The Morgan fingerprint density at radius 3 is 2.95 bits per heavy atom. The largest absolute Gasteiger partial charge is 0.476 e. The fourth-order valence-electron chi connectivity index (χ4n) is 2.14. The van der Waals surface area contributed by atoms with Gasteiger partial charge in [-0.1, -0.05) is 11.8 Å². The zero-order valence-corrected chi connectivity index (χ0v) is 11.7. The van der Waals surface area contributed by atoms with Gasteiger partial charge in [0.15, 0.2) is 10.8 Å². The number of carboxylic acids is 1. The van der Waals surface area contributed by atoms with Gasteiger partial charge in [0, 0.05) is 31.8 Å². The summed E-state index contributed by atoms with van der Waals surface area (Å²) in [6, 6.07) is 3.18.